The van der Waals surface area contributed by atoms with Gasteiger partial charge in [-0.25, -0.2) is 0 Å². The summed E-state index contributed by atoms with van der Waals surface area (Å²) in [6.07, 6.45) is 2.48. The van der Waals surface area contributed by atoms with Gasteiger partial charge in [0.15, 0.2) is 11.6 Å². The molecule has 29 heavy (non-hydrogen) atoms. The van der Waals surface area contributed by atoms with E-state index in [9.17, 15) is 9.59 Å². The van der Waals surface area contributed by atoms with E-state index in [1.54, 1.807) is 0 Å². The first-order chi connectivity index (χ1) is 14.2. The zero-order chi connectivity index (χ0) is 20.6. The first kappa shape index (κ1) is 20.7. The van der Waals surface area contributed by atoms with Gasteiger partial charge in [0.05, 0.1) is 0 Å². The topological polar surface area (TPSA) is 34.1 Å². The molecule has 0 bridgehead atoms. The van der Waals surface area contributed by atoms with E-state index in [1.165, 1.54) is 0 Å². The fraction of sp³-hybridized carbons (Fsp3) is 0.259. The number of carbonyl (C=O) groups excluding carboxylic acids is 2. The molecule has 0 spiro atoms. The number of carbonyl (C=O) groups is 2. The highest BCUT2D eigenvalue weighted by Gasteiger charge is 2.23. The number of benzene rings is 3. The van der Waals surface area contributed by atoms with Crippen LogP contribution in [0.15, 0.2) is 84.9 Å². The van der Waals surface area contributed by atoms with Gasteiger partial charge in [-0.3, -0.25) is 9.59 Å². The molecule has 0 saturated heterocycles. The van der Waals surface area contributed by atoms with E-state index in [2.05, 4.69) is 6.92 Å². The normalized spacial score (nSPS) is 12.9. The molecular formula is C27H28O2. The van der Waals surface area contributed by atoms with Gasteiger partial charge >= 0.3 is 0 Å². The zero-order valence-corrected chi connectivity index (χ0v) is 17.2. The summed E-state index contributed by atoms with van der Waals surface area (Å²) in [5.41, 5.74) is 3.46. The third-order valence-electron chi connectivity index (χ3n) is 5.48. The number of hydrogen-bond donors (Lipinski definition) is 0. The van der Waals surface area contributed by atoms with Gasteiger partial charge in [-0.15, -0.1) is 0 Å². The standard InChI is InChI=1S/C27H28O2/c1-3-11-25(27(29)22-14-9-6-10-15-22)21-16-18-23(19-17-21)26(28)24(4-2)20-12-7-5-8-13-20/h5-10,12-19,24-25H,3-4,11H2,1-2H3. The van der Waals surface area contributed by atoms with Crippen molar-refractivity contribution in [2.45, 2.75) is 44.9 Å². The van der Waals surface area contributed by atoms with Crippen molar-refractivity contribution in [1.29, 1.82) is 0 Å². The Morgan fingerprint density at radius 2 is 1.10 bits per heavy atom. The van der Waals surface area contributed by atoms with Crippen molar-refractivity contribution < 1.29 is 9.59 Å². The minimum atomic E-state index is -0.178. The van der Waals surface area contributed by atoms with Crippen LogP contribution in [-0.2, 0) is 0 Å². The summed E-state index contributed by atoms with van der Waals surface area (Å²) in [5, 5.41) is 0. The van der Waals surface area contributed by atoms with Gasteiger partial charge in [-0.2, -0.15) is 0 Å². The Morgan fingerprint density at radius 3 is 1.66 bits per heavy atom. The molecule has 0 aliphatic carbocycles. The summed E-state index contributed by atoms with van der Waals surface area (Å²) >= 11 is 0. The molecule has 0 aromatic heterocycles. The second-order valence-corrected chi connectivity index (χ2v) is 7.43. The second kappa shape index (κ2) is 9.97. The fourth-order valence-corrected chi connectivity index (χ4v) is 3.88. The molecule has 3 rings (SSSR count). The Balaban J connectivity index is 1.83. The average Bonchev–Trinajstić information content (AvgIpc) is 2.79. The lowest BCUT2D eigenvalue weighted by molar-refractivity contribution is 0.0950. The lowest BCUT2D eigenvalue weighted by atomic mass is 9.85. The Bertz CT molecular complexity index is 927. The smallest absolute Gasteiger partial charge is 0.170 e. The molecule has 0 fully saturated rings. The highest BCUT2D eigenvalue weighted by atomic mass is 16.1. The molecule has 0 heterocycles. The van der Waals surface area contributed by atoms with Crippen LogP contribution >= 0.6 is 0 Å². The molecule has 2 heteroatoms. The monoisotopic (exact) mass is 384 g/mol. The lowest BCUT2D eigenvalue weighted by Crippen LogP contribution is -2.14. The van der Waals surface area contributed by atoms with Crippen LogP contribution in [0, 0.1) is 0 Å². The first-order valence-corrected chi connectivity index (χ1v) is 10.4. The SMILES string of the molecule is CCCC(C(=O)c1ccccc1)c1ccc(C(=O)C(CC)c2ccccc2)cc1. The number of Topliss-reactive ketones (excluding diaryl/α,β-unsaturated/α-hetero) is 2. The van der Waals surface area contributed by atoms with Gasteiger partial charge in [0.2, 0.25) is 0 Å². The molecule has 0 amide bonds. The molecule has 2 unspecified atom stereocenters. The largest absolute Gasteiger partial charge is 0.293 e. The van der Waals surface area contributed by atoms with Crippen LogP contribution in [0.3, 0.4) is 0 Å². The summed E-state index contributed by atoms with van der Waals surface area (Å²) < 4.78 is 0. The van der Waals surface area contributed by atoms with Crippen LogP contribution in [0.2, 0.25) is 0 Å². The highest BCUT2D eigenvalue weighted by Crippen LogP contribution is 2.28. The van der Waals surface area contributed by atoms with E-state index in [0.29, 0.717) is 5.56 Å². The van der Waals surface area contributed by atoms with Crippen LogP contribution in [0.4, 0.5) is 0 Å². The minimum absolute atomic E-state index is 0.131. The minimum Gasteiger partial charge on any atom is -0.293 e. The van der Waals surface area contributed by atoms with Gasteiger partial charge in [0, 0.05) is 23.0 Å². The van der Waals surface area contributed by atoms with Gasteiger partial charge < -0.3 is 0 Å². The van der Waals surface area contributed by atoms with Crippen molar-refractivity contribution in [3.63, 3.8) is 0 Å². The fourth-order valence-electron chi connectivity index (χ4n) is 3.88. The van der Waals surface area contributed by atoms with E-state index < -0.39 is 0 Å². The maximum atomic E-state index is 13.1. The summed E-state index contributed by atoms with van der Waals surface area (Å²) in [6.45, 7) is 4.13. The quantitative estimate of drug-likeness (QED) is 0.379. The van der Waals surface area contributed by atoms with E-state index in [1.807, 2.05) is 91.9 Å². The Labute approximate surface area is 173 Å². The predicted octanol–water partition coefficient (Wildman–Crippen LogP) is 6.83. The van der Waals surface area contributed by atoms with Crippen molar-refractivity contribution >= 4 is 11.6 Å². The van der Waals surface area contributed by atoms with Crippen LogP contribution in [0.25, 0.3) is 0 Å². The van der Waals surface area contributed by atoms with E-state index >= 15 is 0 Å². The van der Waals surface area contributed by atoms with Crippen molar-refractivity contribution in [2.75, 3.05) is 0 Å². The molecule has 148 valence electrons. The van der Waals surface area contributed by atoms with Gasteiger partial charge in [-0.1, -0.05) is 105 Å². The number of ketones is 2. The highest BCUT2D eigenvalue weighted by molar-refractivity contribution is 6.02. The molecule has 0 aliphatic heterocycles. The molecule has 3 aromatic carbocycles. The summed E-state index contributed by atoms with van der Waals surface area (Å²) in [6, 6.07) is 27.0. The van der Waals surface area contributed by atoms with Crippen LogP contribution in [0.1, 0.15) is 76.8 Å². The molecular weight excluding hydrogens is 356 g/mol. The van der Waals surface area contributed by atoms with E-state index in [-0.39, 0.29) is 23.4 Å². The van der Waals surface area contributed by atoms with Crippen LogP contribution in [0.5, 0.6) is 0 Å². The molecule has 0 saturated carbocycles. The Kier molecular flexibility index (Phi) is 7.13. The molecule has 2 nitrogen and oxygen atoms in total. The van der Waals surface area contributed by atoms with Crippen molar-refractivity contribution in [3.8, 4) is 0 Å². The van der Waals surface area contributed by atoms with Crippen LogP contribution < -0.4 is 0 Å². The van der Waals surface area contributed by atoms with E-state index in [4.69, 9.17) is 0 Å². The third-order valence-corrected chi connectivity index (χ3v) is 5.48. The Morgan fingerprint density at radius 1 is 0.621 bits per heavy atom. The van der Waals surface area contributed by atoms with Gasteiger partial charge in [0.25, 0.3) is 0 Å². The number of rotatable bonds is 9. The maximum Gasteiger partial charge on any atom is 0.170 e. The van der Waals surface area contributed by atoms with Gasteiger partial charge in [-0.05, 0) is 24.0 Å². The second-order valence-electron chi connectivity index (χ2n) is 7.43. The Hall–Kier alpha value is -3.00. The predicted molar refractivity (Wildman–Crippen MR) is 119 cm³/mol. The molecule has 0 radical (unpaired) electrons. The van der Waals surface area contributed by atoms with Gasteiger partial charge in [0.1, 0.15) is 0 Å². The summed E-state index contributed by atoms with van der Waals surface area (Å²) in [5.74, 6) is -0.0454. The molecule has 2 atom stereocenters. The summed E-state index contributed by atoms with van der Waals surface area (Å²) in [7, 11) is 0. The average molecular weight is 385 g/mol. The van der Waals surface area contributed by atoms with Crippen LogP contribution in [-0.4, -0.2) is 11.6 Å². The summed E-state index contributed by atoms with van der Waals surface area (Å²) in [4.78, 5) is 26.1. The molecule has 0 N–H and O–H groups in total. The van der Waals surface area contributed by atoms with Crippen molar-refractivity contribution in [1.82, 2.24) is 0 Å². The van der Waals surface area contributed by atoms with Crippen molar-refractivity contribution in [3.05, 3.63) is 107 Å². The molecule has 3 aromatic rings. The number of hydrogen-bond acceptors (Lipinski definition) is 2. The van der Waals surface area contributed by atoms with Crippen molar-refractivity contribution in [2.24, 2.45) is 0 Å². The maximum absolute atomic E-state index is 13.1. The zero-order valence-electron chi connectivity index (χ0n) is 17.2. The molecule has 0 aliphatic rings. The lowest BCUT2D eigenvalue weighted by Gasteiger charge is -2.17. The first-order valence-electron chi connectivity index (χ1n) is 10.4. The third kappa shape index (κ3) is 4.89. The van der Waals surface area contributed by atoms with E-state index in [0.717, 1.165) is 36.0 Å².